The lowest BCUT2D eigenvalue weighted by atomic mass is 10.1. The molecule has 0 saturated carbocycles. The van der Waals surface area contributed by atoms with Gasteiger partial charge in [0.05, 0.1) is 5.75 Å². The standard InChI is InChI=1S/C21H25ClN2O2S/c1-3-23-21(26)16(2)24(13-17-7-5-4-6-8-17)20(25)15-27-14-18-9-11-19(22)12-10-18/h4-12,16H,3,13-15H2,1-2H3,(H,23,26). The van der Waals surface area contributed by atoms with Crippen molar-refractivity contribution in [2.75, 3.05) is 12.3 Å². The van der Waals surface area contributed by atoms with Gasteiger partial charge in [-0.05, 0) is 37.1 Å². The Bertz CT molecular complexity index is 738. The van der Waals surface area contributed by atoms with E-state index >= 15 is 0 Å². The summed E-state index contributed by atoms with van der Waals surface area (Å²) in [6.45, 7) is 4.60. The molecular formula is C21H25ClN2O2S. The van der Waals surface area contributed by atoms with E-state index in [1.54, 1.807) is 11.8 Å². The Hall–Kier alpha value is -1.98. The third kappa shape index (κ3) is 6.92. The number of carbonyl (C=O) groups is 2. The zero-order chi connectivity index (χ0) is 19.6. The van der Waals surface area contributed by atoms with Gasteiger partial charge in [0.2, 0.25) is 11.8 Å². The first-order valence-corrected chi connectivity index (χ1v) is 10.5. The number of thioether (sulfide) groups is 1. The van der Waals surface area contributed by atoms with Gasteiger partial charge in [-0.2, -0.15) is 0 Å². The molecule has 0 aliphatic heterocycles. The van der Waals surface area contributed by atoms with E-state index in [1.165, 1.54) is 11.8 Å². The average molecular weight is 405 g/mol. The van der Waals surface area contributed by atoms with Crippen LogP contribution in [-0.4, -0.2) is 35.1 Å². The van der Waals surface area contributed by atoms with E-state index in [4.69, 9.17) is 11.6 Å². The van der Waals surface area contributed by atoms with Gasteiger partial charge in [-0.15, -0.1) is 11.8 Å². The van der Waals surface area contributed by atoms with Crippen LogP contribution in [0.4, 0.5) is 0 Å². The number of nitrogens with one attached hydrogen (secondary N) is 1. The zero-order valence-corrected chi connectivity index (χ0v) is 17.2. The molecule has 1 unspecified atom stereocenters. The first kappa shape index (κ1) is 21.3. The van der Waals surface area contributed by atoms with Crippen molar-refractivity contribution >= 4 is 35.2 Å². The fourth-order valence-corrected chi connectivity index (χ4v) is 3.60. The molecule has 6 heteroatoms. The normalized spacial score (nSPS) is 11.7. The van der Waals surface area contributed by atoms with Gasteiger partial charge < -0.3 is 10.2 Å². The highest BCUT2D eigenvalue weighted by atomic mass is 35.5. The molecule has 0 heterocycles. The molecule has 0 fully saturated rings. The third-order valence-electron chi connectivity index (χ3n) is 4.12. The minimum absolute atomic E-state index is 0.0448. The Labute approximate surface area is 170 Å². The van der Waals surface area contributed by atoms with Crippen molar-refractivity contribution in [3.8, 4) is 0 Å². The molecule has 0 saturated heterocycles. The zero-order valence-electron chi connectivity index (χ0n) is 15.7. The van der Waals surface area contributed by atoms with Gasteiger partial charge in [0.25, 0.3) is 0 Å². The fraction of sp³-hybridized carbons (Fsp3) is 0.333. The van der Waals surface area contributed by atoms with Gasteiger partial charge in [0.1, 0.15) is 6.04 Å². The van der Waals surface area contributed by atoms with Crippen LogP contribution in [-0.2, 0) is 21.9 Å². The van der Waals surface area contributed by atoms with E-state index < -0.39 is 6.04 Å². The minimum Gasteiger partial charge on any atom is -0.355 e. The molecular weight excluding hydrogens is 380 g/mol. The smallest absolute Gasteiger partial charge is 0.242 e. The van der Waals surface area contributed by atoms with E-state index in [2.05, 4.69) is 5.32 Å². The maximum atomic E-state index is 12.8. The average Bonchev–Trinajstić information content (AvgIpc) is 2.68. The molecule has 2 aromatic carbocycles. The summed E-state index contributed by atoms with van der Waals surface area (Å²) in [4.78, 5) is 26.8. The number of benzene rings is 2. The van der Waals surface area contributed by atoms with Crippen LogP contribution in [0.2, 0.25) is 5.02 Å². The molecule has 0 aromatic heterocycles. The van der Waals surface area contributed by atoms with E-state index in [0.29, 0.717) is 23.9 Å². The number of carbonyl (C=O) groups excluding carboxylic acids is 2. The number of amides is 2. The maximum Gasteiger partial charge on any atom is 0.242 e. The highest BCUT2D eigenvalue weighted by molar-refractivity contribution is 7.99. The highest BCUT2D eigenvalue weighted by Gasteiger charge is 2.25. The summed E-state index contributed by atoms with van der Waals surface area (Å²) in [5.74, 6) is 0.859. The van der Waals surface area contributed by atoms with Crippen LogP contribution in [0.3, 0.4) is 0 Å². The second-order valence-corrected chi connectivity index (χ2v) is 7.62. The monoisotopic (exact) mass is 404 g/mol. The van der Waals surface area contributed by atoms with Crippen LogP contribution in [0, 0.1) is 0 Å². The van der Waals surface area contributed by atoms with Crippen molar-refractivity contribution in [1.82, 2.24) is 10.2 Å². The molecule has 1 N–H and O–H groups in total. The summed E-state index contributed by atoms with van der Waals surface area (Å²) >= 11 is 7.44. The molecule has 144 valence electrons. The van der Waals surface area contributed by atoms with Crippen molar-refractivity contribution in [2.24, 2.45) is 0 Å². The van der Waals surface area contributed by atoms with Crippen molar-refractivity contribution in [3.05, 3.63) is 70.7 Å². The van der Waals surface area contributed by atoms with Crippen LogP contribution in [0.25, 0.3) is 0 Å². The molecule has 4 nitrogen and oxygen atoms in total. The molecule has 0 bridgehead atoms. The molecule has 2 amide bonds. The second kappa shape index (κ2) is 11.0. The molecule has 1 atom stereocenters. The Morgan fingerprint density at radius 2 is 1.74 bits per heavy atom. The molecule has 0 spiro atoms. The van der Waals surface area contributed by atoms with Crippen LogP contribution in [0.15, 0.2) is 54.6 Å². The second-order valence-electron chi connectivity index (χ2n) is 6.20. The Morgan fingerprint density at radius 1 is 1.07 bits per heavy atom. The molecule has 2 rings (SSSR count). The molecule has 0 aliphatic carbocycles. The first-order valence-electron chi connectivity index (χ1n) is 8.94. The summed E-state index contributed by atoms with van der Waals surface area (Å²) < 4.78 is 0. The predicted octanol–water partition coefficient (Wildman–Crippen LogP) is 4.13. The number of hydrogen-bond donors (Lipinski definition) is 1. The summed E-state index contributed by atoms with van der Waals surface area (Å²) in [6, 6.07) is 16.8. The van der Waals surface area contributed by atoms with Crippen LogP contribution < -0.4 is 5.32 Å². The Morgan fingerprint density at radius 3 is 2.37 bits per heavy atom. The van der Waals surface area contributed by atoms with Gasteiger partial charge >= 0.3 is 0 Å². The lowest BCUT2D eigenvalue weighted by Gasteiger charge is -2.28. The number of likely N-dealkylation sites (N-methyl/N-ethyl adjacent to an activating group) is 1. The summed E-state index contributed by atoms with van der Waals surface area (Å²) in [5, 5.41) is 3.50. The van der Waals surface area contributed by atoms with E-state index in [0.717, 1.165) is 16.9 Å². The van der Waals surface area contributed by atoms with E-state index in [1.807, 2.05) is 61.5 Å². The minimum atomic E-state index is -0.520. The number of nitrogens with zero attached hydrogens (tertiary/aromatic N) is 1. The van der Waals surface area contributed by atoms with Gasteiger partial charge in [-0.1, -0.05) is 54.1 Å². The van der Waals surface area contributed by atoms with Crippen molar-refractivity contribution < 1.29 is 9.59 Å². The fourth-order valence-electron chi connectivity index (χ4n) is 2.60. The van der Waals surface area contributed by atoms with E-state index in [-0.39, 0.29) is 11.8 Å². The summed E-state index contributed by atoms with van der Waals surface area (Å²) in [5.41, 5.74) is 2.12. The van der Waals surface area contributed by atoms with Crippen molar-refractivity contribution in [3.63, 3.8) is 0 Å². The van der Waals surface area contributed by atoms with Gasteiger partial charge in [0, 0.05) is 23.9 Å². The van der Waals surface area contributed by atoms with Crippen molar-refractivity contribution in [2.45, 2.75) is 32.2 Å². The largest absolute Gasteiger partial charge is 0.355 e. The highest BCUT2D eigenvalue weighted by Crippen LogP contribution is 2.17. The molecule has 0 radical (unpaired) electrons. The van der Waals surface area contributed by atoms with Gasteiger partial charge in [-0.3, -0.25) is 9.59 Å². The molecule has 2 aromatic rings. The third-order valence-corrected chi connectivity index (χ3v) is 5.36. The number of hydrogen-bond acceptors (Lipinski definition) is 3. The summed E-state index contributed by atoms with van der Waals surface area (Å²) in [6.07, 6.45) is 0. The number of rotatable bonds is 9. The Balaban J connectivity index is 2.00. The van der Waals surface area contributed by atoms with E-state index in [9.17, 15) is 9.59 Å². The molecule has 0 aliphatic rings. The molecule has 27 heavy (non-hydrogen) atoms. The SMILES string of the molecule is CCNC(=O)C(C)N(Cc1ccccc1)C(=O)CSCc1ccc(Cl)cc1. The van der Waals surface area contributed by atoms with Crippen molar-refractivity contribution in [1.29, 1.82) is 0 Å². The topological polar surface area (TPSA) is 49.4 Å². The van der Waals surface area contributed by atoms with Gasteiger partial charge in [0.15, 0.2) is 0 Å². The quantitative estimate of drug-likeness (QED) is 0.683. The summed E-state index contributed by atoms with van der Waals surface area (Å²) in [7, 11) is 0. The number of halogens is 1. The maximum absolute atomic E-state index is 12.8. The van der Waals surface area contributed by atoms with Crippen LogP contribution in [0.1, 0.15) is 25.0 Å². The predicted molar refractivity (Wildman–Crippen MR) is 113 cm³/mol. The van der Waals surface area contributed by atoms with Crippen LogP contribution >= 0.6 is 23.4 Å². The lowest BCUT2D eigenvalue weighted by molar-refractivity contribution is -0.138. The Kier molecular flexibility index (Phi) is 8.69. The first-order chi connectivity index (χ1) is 13.0. The lowest BCUT2D eigenvalue weighted by Crippen LogP contribution is -2.48. The van der Waals surface area contributed by atoms with Crippen LogP contribution in [0.5, 0.6) is 0 Å². The van der Waals surface area contributed by atoms with Gasteiger partial charge in [-0.25, -0.2) is 0 Å².